The Labute approximate surface area is 121 Å². The first-order valence-corrected chi connectivity index (χ1v) is 7.16. The van der Waals surface area contributed by atoms with Gasteiger partial charge in [0.15, 0.2) is 0 Å². The van der Waals surface area contributed by atoms with Gasteiger partial charge in [0.2, 0.25) is 0 Å². The molecule has 1 aromatic heterocycles. The molecule has 1 aliphatic rings. The van der Waals surface area contributed by atoms with Crippen molar-refractivity contribution in [2.45, 2.75) is 32.1 Å². The molecule has 5 heteroatoms. The Hall–Kier alpha value is -1.17. The van der Waals surface area contributed by atoms with Gasteiger partial charge in [-0.1, -0.05) is 0 Å². The van der Waals surface area contributed by atoms with Gasteiger partial charge in [0.25, 0.3) is 0 Å². The molecule has 1 aromatic rings. The monoisotopic (exact) mass is 279 g/mol. The minimum absolute atomic E-state index is 0.0878. The Morgan fingerprint density at radius 3 is 2.75 bits per heavy atom. The van der Waals surface area contributed by atoms with Gasteiger partial charge in [0.05, 0.1) is 24.4 Å². The van der Waals surface area contributed by atoms with Crippen molar-refractivity contribution in [2.75, 3.05) is 33.7 Å². The number of aliphatic hydroxyl groups excluding tert-OH is 1. The van der Waals surface area contributed by atoms with Crippen LogP contribution in [0, 0.1) is 0 Å². The maximum Gasteiger partial charge on any atom is 0.138 e. The fourth-order valence-corrected chi connectivity index (χ4v) is 2.54. The lowest BCUT2D eigenvalue weighted by molar-refractivity contribution is 0.0135. The summed E-state index contributed by atoms with van der Waals surface area (Å²) in [5.74, 6) is 0.711. The van der Waals surface area contributed by atoms with Crippen LogP contribution in [0.15, 0.2) is 18.5 Å². The molecule has 0 spiro atoms. The Kier molecular flexibility index (Phi) is 4.96. The van der Waals surface area contributed by atoms with Gasteiger partial charge < -0.3 is 14.7 Å². The van der Waals surface area contributed by atoms with E-state index in [4.69, 9.17) is 4.74 Å². The number of aromatic nitrogens is 1. The molecule has 1 fully saturated rings. The first kappa shape index (κ1) is 15.2. The largest absolute Gasteiger partial charge is 0.489 e. The molecule has 0 bridgehead atoms. The fraction of sp³-hybridized carbons (Fsp3) is 0.667. The molecule has 2 heterocycles. The predicted molar refractivity (Wildman–Crippen MR) is 78.9 cm³/mol. The van der Waals surface area contributed by atoms with E-state index < -0.39 is 6.10 Å². The Bertz CT molecular complexity index is 439. The van der Waals surface area contributed by atoms with E-state index in [9.17, 15) is 5.11 Å². The molecular formula is C15H25N3O2. The van der Waals surface area contributed by atoms with Gasteiger partial charge in [0.1, 0.15) is 5.75 Å². The lowest BCUT2D eigenvalue weighted by Gasteiger charge is -2.40. The zero-order chi connectivity index (χ0) is 14.7. The second-order valence-electron chi connectivity index (χ2n) is 5.88. The number of ether oxygens (including phenoxy) is 1. The van der Waals surface area contributed by atoms with E-state index in [-0.39, 0.29) is 12.1 Å². The van der Waals surface area contributed by atoms with E-state index in [1.54, 1.807) is 12.4 Å². The average molecular weight is 279 g/mol. The van der Waals surface area contributed by atoms with Gasteiger partial charge in [-0.25, -0.2) is 0 Å². The number of rotatable bonds is 4. The van der Waals surface area contributed by atoms with Crippen molar-refractivity contribution in [1.82, 2.24) is 14.8 Å². The summed E-state index contributed by atoms with van der Waals surface area (Å²) in [4.78, 5) is 8.64. The van der Waals surface area contributed by atoms with Gasteiger partial charge in [0, 0.05) is 31.4 Å². The summed E-state index contributed by atoms with van der Waals surface area (Å²) in [5.41, 5.74) is 0.815. The number of hydrogen-bond donors (Lipinski definition) is 1. The molecule has 0 aromatic carbocycles. The molecule has 112 valence electrons. The Morgan fingerprint density at radius 1 is 1.30 bits per heavy atom. The number of pyridine rings is 1. The molecule has 1 saturated heterocycles. The predicted octanol–water partition coefficient (Wildman–Crippen LogP) is 1.15. The van der Waals surface area contributed by atoms with Gasteiger partial charge in [-0.05, 0) is 34.0 Å². The number of aliphatic hydroxyl groups is 1. The van der Waals surface area contributed by atoms with Crippen molar-refractivity contribution in [3.63, 3.8) is 0 Å². The van der Waals surface area contributed by atoms with Crippen LogP contribution in [0.1, 0.15) is 25.5 Å². The van der Waals surface area contributed by atoms with Crippen molar-refractivity contribution in [1.29, 1.82) is 0 Å². The topological polar surface area (TPSA) is 48.8 Å². The summed E-state index contributed by atoms with van der Waals surface area (Å²) in [5, 5.41) is 10.6. The molecular weight excluding hydrogens is 254 g/mol. The Morgan fingerprint density at radius 2 is 2.05 bits per heavy atom. The van der Waals surface area contributed by atoms with Crippen molar-refractivity contribution in [3.05, 3.63) is 24.0 Å². The highest BCUT2D eigenvalue weighted by Crippen LogP contribution is 2.25. The van der Waals surface area contributed by atoms with E-state index in [0.29, 0.717) is 5.75 Å². The molecule has 2 atom stereocenters. The fourth-order valence-electron chi connectivity index (χ4n) is 2.54. The van der Waals surface area contributed by atoms with Crippen molar-refractivity contribution >= 4 is 0 Å². The summed E-state index contributed by atoms with van der Waals surface area (Å²) in [6, 6.07) is 1.98. The minimum Gasteiger partial charge on any atom is -0.489 e. The molecule has 0 radical (unpaired) electrons. The second-order valence-corrected chi connectivity index (χ2v) is 5.88. The third kappa shape index (κ3) is 3.69. The van der Waals surface area contributed by atoms with Crippen LogP contribution in [-0.4, -0.2) is 65.8 Å². The highest BCUT2D eigenvalue weighted by Gasteiger charge is 2.29. The molecule has 2 rings (SSSR count). The van der Waals surface area contributed by atoms with Crippen LogP contribution in [0.2, 0.25) is 0 Å². The number of hydrogen-bond acceptors (Lipinski definition) is 5. The number of nitrogens with zero attached hydrogens (tertiary/aromatic N) is 3. The van der Waals surface area contributed by atoms with E-state index in [1.807, 2.05) is 19.9 Å². The van der Waals surface area contributed by atoms with Crippen molar-refractivity contribution < 1.29 is 9.84 Å². The van der Waals surface area contributed by atoms with E-state index >= 15 is 0 Å². The SMILES string of the molecule is CC(C)Oc1cncc(C(O)C2CN(C)CCN2C)c1. The lowest BCUT2D eigenvalue weighted by atomic mass is 10.0. The van der Waals surface area contributed by atoms with E-state index in [2.05, 4.69) is 28.9 Å². The molecule has 1 aliphatic heterocycles. The summed E-state index contributed by atoms with van der Waals surface area (Å²) in [6.07, 6.45) is 2.96. The average Bonchev–Trinajstić information content (AvgIpc) is 2.40. The molecule has 0 amide bonds. The molecule has 2 unspecified atom stereocenters. The van der Waals surface area contributed by atoms with Crippen LogP contribution in [0.5, 0.6) is 5.75 Å². The molecule has 0 saturated carbocycles. The zero-order valence-electron chi connectivity index (χ0n) is 12.8. The highest BCUT2D eigenvalue weighted by molar-refractivity contribution is 5.26. The summed E-state index contributed by atoms with van der Waals surface area (Å²) >= 11 is 0. The van der Waals surface area contributed by atoms with Gasteiger partial charge in [-0.3, -0.25) is 9.88 Å². The van der Waals surface area contributed by atoms with Crippen LogP contribution < -0.4 is 4.74 Å². The summed E-state index contributed by atoms with van der Waals surface area (Å²) < 4.78 is 5.64. The lowest BCUT2D eigenvalue weighted by Crippen LogP contribution is -2.52. The molecule has 5 nitrogen and oxygen atoms in total. The number of piperazine rings is 1. The molecule has 0 aliphatic carbocycles. The van der Waals surface area contributed by atoms with Gasteiger partial charge in [-0.2, -0.15) is 0 Å². The van der Waals surface area contributed by atoms with E-state index in [0.717, 1.165) is 25.2 Å². The second kappa shape index (κ2) is 6.52. The highest BCUT2D eigenvalue weighted by atomic mass is 16.5. The smallest absolute Gasteiger partial charge is 0.138 e. The van der Waals surface area contributed by atoms with Crippen LogP contribution in [0.25, 0.3) is 0 Å². The first-order valence-electron chi connectivity index (χ1n) is 7.16. The number of likely N-dealkylation sites (N-methyl/N-ethyl adjacent to an activating group) is 2. The van der Waals surface area contributed by atoms with Crippen molar-refractivity contribution in [2.24, 2.45) is 0 Å². The van der Waals surface area contributed by atoms with Crippen LogP contribution >= 0.6 is 0 Å². The van der Waals surface area contributed by atoms with E-state index in [1.165, 1.54) is 0 Å². The summed E-state index contributed by atoms with van der Waals surface area (Å²) in [7, 11) is 4.14. The van der Waals surface area contributed by atoms with Gasteiger partial charge >= 0.3 is 0 Å². The minimum atomic E-state index is -0.550. The van der Waals surface area contributed by atoms with Crippen LogP contribution in [0.3, 0.4) is 0 Å². The zero-order valence-corrected chi connectivity index (χ0v) is 12.8. The Balaban J connectivity index is 2.13. The maximum absolute atomic E-state index is 10.6. The van der Waals surface area contributed by atoms with Crippen LogP contribution in [-0.2, 0) is 0 Å². The third-order valence-corrected chi connectivity index (χ3v) is 3.71. The standard InChI is InChI=1S/C15H25N3O2/c1-11(2)20-13-7-12(8-16-9-13)15(19)14-10-17(3)5-6-18(14)4/h7-9,11,14-15,19H,5-6,10H2,1-4H3. The maximum atomic E-state index is 10.6. The first-order chi connectivity index (χ1) is 9.47. The normalized spacial score (nSPS) is 23.0. The quantitative estimate of drug-likeness (QED) is 0.896. The molecule has 1 N–H and O–H groups in total. The van der Waals surface area contributed by atoms with Crippen LogP contribution in [0.4, 0.5) is 0 Å². The van der Waals surface area contributed by atoms with Crippen molar-refractivity contribution in [3.8, 4) is 5.75 Å². The third-order valence-electron chi connectivity index (χ3n) is 3.71. The van der Waals surface area contributed by atoms with Gasteiger partial charge in [-0.15, -0.1) is 0 Å². The summed E-state index contributed by atoms with van der Waals surface area (Å²) in [6.45, 7) is 6.81. The molecule has 20 heavy (non-hydrogen) atoms.